The predicted octanol–water partition coefficient (Wildman–Crippen LogP) is 5.43. The Morgan fingerprint density at radius 3 is 2.47 bits per heavy atom. The van der Waals surface area contributed by atoms with E-state index < -0.39 is 0 Å². The van der Waals surface area contributed by atoms with Gasteiger partial charge in [-0.1, -0.05) is 23.7 Å². The molecule has 0 unspecified atom stereocenters. The normalized spacial score (nSPS) is 18.2. The highest BCUT2D eigenvalue weighted by Gasteiger charge is 2.29. The molecule has 0 bridgehead atoms. The predicted molar refractivity (Wildman–Crippen MR) is 117 cm³/mol. The molecule has 0 aromatic heterocycles. The lowest BCUT2D eigenvalue weighted by molar-refractivity contribution is -0.117. The van der Waals surface area contributed by atoms with Crippen LogP contribution in [-0.2, 0) is 11.2 Å². The lowest BCUT2D eigenvalue weighted by atomic mass is 9.96. The van der Waals surface area contributed by atoms with Crippen molar-refractivity contribution in [3.05, 3.63) is 89.2 Å². The molecule has 1 heterocycles. The Balaban J connectivity index is 1.29. The van der Waals surface area contributed by atoms with Crippen LogP contribution in [0.1, 0.15) is 12.0 Å². The minimum atomic E-state index is -0.310. The summed E-state index contributed by atoms with van der Waals surface area (Å²) >= 11 is 6.06. The van der Waals surface area contributed by atoms with Crippen LogP contribution in [-0.4, -0.2) is 18.5 Å². The standard InChI is InChI=1S/C24H22ClFN2O2/c25-18-3-1-2-16(13-18)12-17-14-23(27-15-17)24(29)28-20-6-10-22(11-7-20)30-21-8-4-19(26)5-9-21/h1-11,13,17,23,27H,12,14-15H2,(H,28,29)/t17-,23+/m1/s1. The van der Waals surface area contributed by atoms with Crippen molar-refractivity contribution in [1.29, 1.82) is 0 Å². The molecule has 3 aromatic rings. The molecular weight excluding hydrogens is 403 g/mol. The van der Waals surface area contributed by atoms with Gasteiger partial charge in [0.05, 0.1) is 6.04 Å². The zero-order valence-corrected chi connectivity index (χ0v) is 17.0. The molecule has 1 fully saturated rings. The second-order valence-electron chi connectivity index (χ2n) is 7.47. The average molecular weight is 425 g/mol. The van der Waals surface area contributed by atoms with E-state index in [1.807, 2.05) is 18.2 Å². The SMILES string of the molecule is O=C(Nc1ccc(Oc2ccc(F)cc2)cc1)[C@@H]1C[C@@H](Cc2cccc(Cl)c2)CN1. The number of rotatable bonds is 6. The maximum Gasteiger partial charge on any atom is 0.241 e. The number of amides is 1. The van der Waals surface area contributed by atoms with Gasteiger partial charge in [-0.2, -0.15) is 0 Å². The number of anilines is 1. The van der Waals surface area contributed by atoms with Crippen molar-refractivity contribution in [3.63, 3.8) is 0 Å². The molecule has 0 spiro atoms. The van der Waals surface area contributed by atoms with Crippen LogP contribution in [0.3, 0.4) is 0 Å². The van der Waals surface area contributed by atoms with Gasteiger partial charge in [-0.15, -0.1) is 0 Å². The van der Waals surface area contributed by atoms with Crippen LogP contribution in [0.5, 0.6) is 11.5 Å². The first kappa shape index (κ1) is 20.4. The molecular formula is C24H22ClFN2O2. The second-order valence-corrected chi connectivity index (χ2v) is 7.90. The third-order valence-electron chi connectivity index (χ3n) is 5.12. The van der Waals surface area contributed by atoms with Crippen LogP contribution < -0.4 is 15.4 Å². The summed E-state index contributed by atoms with van der Waals surface area (Å²) in [4.78, 5) is 12.6. The summed E-state index contributed by atoms with van der Waals surface area (Å²) in [6.45, 7) is 0.801. The Labute approximate surface area is 180 Å². The summed E-state index contributed by atoms with van der Waals surface area (Å²) in [5.41, 5.74) is 1.89. The summed E-state index contributed by atoms with van der Waals surface area (Å²) in [6.07, 6.45) is 1.68. The molecule has 0 saturated carbocycles. The van der Waals surface area contributed by atoms with Crippen molar-refractivity contribution in [2.45, 2.75) is 18.9 Å². The van der Waals surface area contributed by atoms with Gasteiger partial charge >= 0.3 is 0 Å². The van der Waals surface area contributed by atoms with E-state index in [1.165, 1.54) is 17.7 Å². The molecule has 1 aliphatic heterocycles. The molecule has 0 aliphatic carbocycles. The fraction of sp³-hybridized carbons (Fsp3) is 0.208. The van der Waals surface area contributed by atoms with Crippen molar-refractivity contribution >= 4 is 23.2 Å². The first-order chi connectivity index (χ1) is 14.5. The molecule has 154 valence electrons. The van der Waals surface area contributed by atoms with E-state index >= 15 is 0 Å². The number of benzene rings is 3. The molecule has 4 nitrogen and oxygen atoms in total. The van der Waals surface area contributed by atoms with Gasteiger partial charge in [0.15, 0.2) is 0 Å². The number of nitrogens with one attached hydrogen (secondary N) is 2. The van der Waals surface area contributed by atoms with E-state index in [-0.39, 0.29) is 17.8 Å². The molecule has 1 saturated heterocycles. The molecule has 1 amide bonds. The van der Waals surface area contributed by atoms with E-state index in [4.69, 9.17) is 16.3 Å². The van der Waals surface area contributed by atoms with Crippen LogP contribution in [0.2, 0.25) is 5.02 Å². The lowest BCUT2D eigenvalue weighted by Gasteiger charge is -2.12. The van der Waals surface area contributed by atoms with Crippen molar-refractivity contribution in [2.75, 3.05) is 11.9 Å². The molecule has 3 aromatic carbocycles. The Morgan fingerprint density at radius 2 is 1.77 bits per heavy atom. The van der Waals surface area contributed by atoms with Gasteiger partial charge in [-0.25, -0.2) is 4.39 Å². The van der Waals surface area contributed by atoms with Crippen LogP contribution >= 0.6 is 11.6 Å². The number of carbonyl (C=O) groups is 1. The zero-order chi connectivity index (χ0) is 20.9. The van der Waals surface area contributed by atoms with Crippen molar-refractivity contribution in [3.8, 4) is 11.5 Å². The van der Waals surface area contributed by atoms with Crippen molar-refractivity contribution in [1.82, 2.24) is 5.32 Å². The fourth-order valence-electron chi connectivity index (χ4n) is 3.64. The van der Waals surface area contributed by atoms with Crippen LogP contribution in [0.15, 0.2) is 72.8 Å². The summed E-state index contributed by atoms with van der Waals surface area (Å²) in [5, 5.41) is 6.99. The van der Waals surface area contributed by atoms with Gasteiger partial charge in [0.1, 0.15) is 17.3 Å². The zero-order valence-electron chi connectivity index (χ0n) is 16.3. The highest BCUT2D eigenvalue weighted by atomic mass is 35.5. The van der Waals surface area contributed by atoms with Crippen LogP contribution in [0.25, 0.3) is 0 Å². The number of carbonyl (C=O) groups excluding carboxylic acids is 1. The summed E-state index contributed by atoms with van der Waals surface area (Å²) in [7, 11) is 0. The topological polar surface area (TPSA) is 50.4 Å². The van der Waals surface area contributed by atoms with Gasteiger partial charge in [-0.3, -0.25) is 4.79 Å². The largest absolute Gasteiger partial charge is 0.457 e. The first-order valence-corrected chi connectivity index (χ1v) is 10.2. The van der Waals surface area contributed by atoms with E-state index in [0.29, 0.717) is 23.1 Å². The maximum atomic E-state index is 13.0. The smallest absolute Gasteiger partial charge is 0.241 e. The maximum absolute atomic E-state index is 13.0. The van der Waals surface area contributed by atoms with E-state index in [1.54, 1.807) is 36.4 Å². The average Bonchev–Trinajstić information content (AvgIpc) is 3.20. The third kappa shape index (κ3) is 5.38. The molecule has 2 atom stereocenters. The molecule has 6 heteroatoms. The van der Waals surface area contributed by atoms with E-state index in [9.17, 15) is 9.18 Å². The van der Waals surface area contributed by atoms with Gasteiger partial charge in [0.25, 0.3) is 0 Å². The lowest BCUT2D eigenvalue weighted by Crippen LogP contribution is -2.35. The highest BCUT2D eigenvalue weighted by Crippen LogP contribution is 2.25. The first-order valence-electron chi connectivity index (χ1n) is 9.87. The summed E-state index contributed by atoms with van der Waals surface area (Å²) < 4.78 is 18.6. The van der Waals surface area contributed by atoms with Crippen molar-refractivity contribution in [2.24, 2.45) is 5.92 Å². The summed E-state index contributed by atoms with van der Waals surface area (Å²) in [5.74, 6) is 1.20. The summed E-state index contributed by atoms with van der Waals surface area (Å²) in [6, 6.07) is 20.6. The Bertz CT molecular complexity index is 1010. The Hall–Kier alpha value is -2.89. The molecule has 1 aliphatic rings. The highest BCUT2D eigenvalue weighted by molar-refractivity contribution is 6.30. The number of ether oxygens (including phenoxy) is 1. The van der Waals surface area contributed by atoms with Gasteiger partial charge in [0.2, 0.25) is 5.91 Å². The van der Waals surface area contributed by atoms with Gasteiger partial charge < -0.3 is 15.4 Å². The quantitative estimate of drug-likeness (QED) is 0.554. The molecule has 4 rings (SSSR count). The van der Waals surface area contributed by atoms with Gasteiger partial charge in [-0.05, 0) is 91.5 Å². The Morgan fingerprint density at radius 1 is 1.07 bits per heavy atom. The van der Waals surface area contributed by atoms with Crippen LogP contribution in [0, 0.1) is 11.7 Å². The van der Waals surface area contributed by atoms with E-state index in [0.717, 1.165) is 24.4 Å². The van der Waals surface area contributed by atoms with Crippen LogP contribution in [0.4, 0.5) is 10.1 Å². The second kappa shape index (κ2) is 9.28. The third-order valence-corrected chi connectivity index (χ3v) is 5.36. The monoisotopic (exact) mass is 424 g/mol. The molecule has 30 heavy (non-hydrogen) atoms. The van der Waals surface area contributed by atoms with Gasteiger partial charge in [0, 0.05) is 10.7 Å². The number of hydrogen-bond acceptors (Lipinski definition) is 3. The van der Waals surface area contributed by atoms with E-state index in [2.05, 4.69) is 16.7 Å². The number of hydrogen-bond donors (Lipinski definition) is 2. The fourth-order valence-corrected chi connectivity index (χ4v) is 3.85. The van der Waals surface area contributed by atoms with Crippen molar-refractivity contribution < 1.29 is 13.9 Å². The number of halogens is 2. The minimum absolute atomic E-state index is 0.0456. The minimum Gasteiger partial charge on any atom is -0.457 e. The molecule has 0 radical (unpaired) electrons. The Kier molecular flexibility index (Phi) is 6.31. The molecule has 2 N–H and O–H groups in total.